The Morgan fingerprint density at radius 3 is 2.40 bits per heavy atom. The molecule has 0 fully saturated rings. The van der Waals surface area contributed by atoms with Gasteiger partial charge < -0.3 is 5.32 Å². The van der Waals surface area contributed by atoms with Crippen LogP contribution in [0.15, 0.2) is 24.3 Å². The highest BCUT2D eigenvalue weighted by Gasteiger charge is 2.05. The van der Waals surface area contributed by atoms with E-state index in [-0.39, 0.29) is 6.04 Å². The summed E-state index contributed by atoms with van der Waals surface area (Å²) in [6.07, 6.45) is 7.68. The third kappa shape index (κ3) is 3.42. The Labute approximate surface area is 92.9 Å². The number of hydrogen-bond acceptors (Lipinski definition) is 1. The molecule has 1 heteroatoms. The summed E-state index contributed by atoms with van der Waals surface area (Å²) < 4.78 is 0. The Balaban J connectivity index is 2.70. The lowest BCUT2D eigenvalue weighted by Crippen LogP contribution is -2.20. The van der Waals surface area contributed by atoms with Crippen molar-refractivity contribution in [2.75, 3.05) is 6.54 Å². The molecule has 1 aromatic rings. The van der Waals surface area contributed by atoms with Crippen molar-refractivity contribution in [2.45, 2.75) is 32.7 Å². The van der Waals surface area contributed by atoms with Crippen molar-refractivity contribution in [3.63, 3.8) is 0 Å². The van der Waals surface area contributed by atoms with Gasteiger partial charge in [-0.05, 0) is 30.5 Å². The maximum absolute atomic E-state index is 5.50. The zero-order chi connectivity index (χ0) is 11.1. The van der Waals surface area contributed by atoms with Gasteiger partial charge in [0, 0.05) is 0 Å². The van der Waals surface area contributed by atoms with Gasteiger partial charge in [-0.3, -0.25) is 0 Å². The van der Waals surface area contributed by atoms with Crippen LogP contribution in [-0.2, 0) is 6.42 Å². The predicted molar refractivity (Wildman–Crippen MR) is 65.7 cm³/mol. The summed E-state index contributed by atoms with van der Waals surface area (Å²) in [5, 5.41) is 3.34. The minimum atomic E-state index is 0.0517. The highest BCUT2D eigenvalue weighted by molar-refractivity contribution is 5.29. The van der Waals surface area contributed by atoms with Gasteiger partial charge >= 0.3 is 0 Å². The van der Waals surface area contributed by atoms with Crippen molar-refractivity contribution >= 4 is 0 Å². The summed E-state index contributed by atoms with van der Waals surface area (Å²) in [7, 11) is 0. The second-order valence-electron chi connectivity index (χ2n) is 3.65. The summed E-state index contributed by atoms with van der Waals surface area (Å²) in [6, 6.07) is 8.58. The van der Waals surface area contributed by atoms with Crippen LogP contribution in [0, 0.1) is 12.3 Å². The van der Waals surface area contributed by atoms with Crippen LogP contribution in [0.5, 0.6) is 0 Å². The van der Waals surface area contributed by atoms with Crippen LogP contribution in [0.1, 0.15) is 37.4 Å². The highest BCUT2D eigenvalue weighted by atomic mass is 14.9. The van der Waals surface area contributed by atoms with Gasteiger partial charge in [0.05, 0.1) is 6.04 Å². The van der Waals surface area contributed by atoms with E-state index in [1.807, 2.05) is 0 Å². The average molecular weight is 201 g/mol. The van der Waals surface area contributed by atoms with Gasteiger partial charge in [0.15, 0.2) is 0 Å². The summed E-state index contributed by atoms with van der Waals surface area (Å²) in [5.74, 6) is 2.78. The van der Waals surface area contributed by atoms with E-state index in [9.17, 15) is 0 Å². The number of terminal acetylenes is 1. The quantitative estimate of drug-likeness (QED) is 0.722. The van der Waals surface area contributed by atoms with Crippen molar-refractivity contribution in [3.05, 3.63) is 35.4 Å². The van der Waals surface area contributed by atoms with Gasteiger partial charge in [-0.2, -0.15) is 0 Å². The third-order valence-electron chi connectivity index (χ3n) is 2.49. The fraction of sp³-hybridized carbons (Fsp3) is 0.429. The van der Waals surface area contributed by atoms with Crippen molar-refractivity contribution in [1.82, 2.24) is 5.32 Å². The molecule has 15 heavy (non-hydrogen) atoms. The van der Waals surface area contributed by atoms with Crippen molar-refractivity contribution < 1.29 is 0 Å². The van der Waals surface area contributed by atoms with Crippen molar-refractivity contribution in [1.29, 1.82) is 0 Å². The lowest BCUT2D eigenvalue weighted by Gasteiger charge is -2.12. The Hall–Kier alpha value is -1.26. The minimum absolute atomic E-state index is 0.0517. The molecular weight excluding hydrogens is 182 g/mol. The topological polar surface area (TPSA) is 12.0 Å². The fourth-order valence-electron chi connectivity index (χ4n) is 1.51. The number of aryl methyl sites for hydroxylation is 1. The Kier molecular flexibility index (Phi) is 4.93. The molecule has 0 aliphatic rings. The van der Waals surface area contributed by atoms with Gasteiger partial charge in [0.25, 0.3) is 0 Å². The number of rotatable bonds is 5. The first-order chi connectivity index (χ1) is 7.31. The van der Waals surface area contributed by atoms with Crippen LogP contribution >= 0.6 is 0 Å². The van der Waals surface area contributed by atoms with Gasteiger partial charge in [-0.15, -0.1) is 6.42 Å². The Morgan fingerprint density at radius 2 is 1.93 bits per heavy atom. The van der Waals surface area contributed by atoms with Crippen LogP contribution in [0.4, 0.5) is 0 Å². The molecule has 1 atom stereocenters. The standard InChI is InChI=1S/C14H19N/c1-4-11-15-14(6-3)13-9-7-12(5-2)8-10-13/h3,7-10,14-15H,4-5,11H2,1-2H3. The van der Waals surface area contributed by atoms with E-state index in [2.05, 4.69) is 49.4 Å². The first kappa shape index (κ1) is 11.8. The van der Waals surface area contributed by atoms with E-state index >= 15 is 0 Å². The number of nitrogens with one attached hydrogen (secondary N) is 1. The highest BCUT2D eigenvalue weighted by Crippen LogP contribution is 2.13. The van der Waals surface area contributed by atoms with E-state index < -0.39 is 0 Å². The number of benzene rings is 1. The van der Waals surface area contributed by atoms with Gasteiger partial charge in [-0.1, -0.05) is 44.0 Å². The predicted octanol–water partition coefficient (Wildman–Crippen LogP) is 2.92. The molecular formula is C14H19N. The zero-order valence-corrected chi connectivity index (χ0v) is 9.59. The smallest absolute Gasteiger partial charge is 0.0943 e. The van der Waals surface area contributed by atoms with E-state index in [1.54, 1.807) is 0 Å². The SMILES string of the molecule is C#CC(NCCC)c1ccc(CC)cc1. The molecule has 1 nitrogen and oxygen atoms in total. The molecule has 0 bridgehead atoms. The molecule has 0 saturated carbocycles. The van der Waals surface area contributed by atoms with Crippen LogP contribution in [0.25, 0.3) is 0 Å². The fourth-order valence-corrected chi connectivity index (χ4v) is 1.51. The van der Waals surface area contributed by atoms with Gasteiger partial charge in [-0.25, -0.2) is 0 Å². The molecule has 0 radical (unpaired) electrons. The van der Waals surface area contributed by atoms with Gasteiger partial charge in [0.1, 0.15) is 0 Å². The molecule has 0 saturated heterocycles. The molecule has 0 aromatic heterocycles. The molecule has 1 N–H and O–H groups in total. The van der Waals surface area contributed by atoms with E-state index in [0.29, 0.717) is 0 Å². The first-order valence-corrected chi connectivity index (χ1v) is 5.60. The summed E-state index contributed by atoms with van der Waals surface area (Å²) in [5.41, 5.74) is 2.54. The monoisotopic (exact) mass is 201 g/mol. The molecule has 0 spiro atoms. The molecule has 1 rings (SSSR count). The van der Waals surface area contributed by atoms with Crippen LogP contribution < -0.4 is 5.32 Å². The summed E-state index contributed by atoms with van der Waals surface area (Å²) in [6.45, 7) is 5.26. The van der Waals surface area contributed by atoms with Crippen molar-refractivity contribution in [3.8, 4) is 12.3 Å². The average Bonchev–Trinajstić information content (AvgIpc) is 2.31. The van der Waals surface area contributed by atoms with Crippen LogP contribution in [0.3, 0.4) is 0 Å². The lowest BCUT2D eigenvalue weighted by atomic mass is 10.0. The van der Waals surface area contributed by atoms with Crippen LogP contribution in [-0.4, -0.2) is 6.54 Å². The van der Waals surface area contributed by atoms with E-state index in [1.165, 1.54) is 11.1 Å². The second kappa shape index (κ2) is 6.27. The largest absolute Gasteiger partial charge is 0.300 e. The zero-order valence-electron chi connectivity index (χ0n) is 9.59. The Morgan fingerprint density at radius 1 is 1.27 bits per heavy atom. The molecule has 0 amide bonds. The summed E-state index contributed by atoms with van der Waals surface area (Å²) >= 11 is 0. The molecule has 1 unspecified atom stereocenters. The molecule has 80 valence electrons. The van der Waals surface area contributed by atoms with E-state index in [4.69, 9.17) is 6.42 Å². The third-order valence-corrected chi connectivity index (χ3v) is 2.49. The van der Waals surface area contributed by atoms with E-state index in [0.717, 1.165) is 19.4 Å². The lowest BCUT2D eigenvalue weighted by molar-refractivity contribution is 0.626. The summed E-state index contributed by atoms with van der Waals surface area (Å²) in [4.78, 5) is 0. The molecule has 0 heterocycles. The van der Waals surface area contributed by atoms with Crippen molar-refractivity contribution in [2.24, 2.45) is 0 Å². The molecule has 1 aromatic carbocycles. The first-order valence-electron chi connectivity index (χ1n) is 5.60. The minimum Gasteiger partial charge on any atom is -0.300 e. The normalized spacial score (nSPS) is 12.1. The maximum Gasteiger partial charge on any atom is 0.0943 e. The molecule has 0 aliphatic carbocycles. The molecule has 0 aliphatic heterocycles. The maximum atomic E-state index is 5.50. The second-order valence-corrected chi connectivity index (χ2v) is 3.65. The van der Waals surface area contributed by atoms with Gasteiger partial charge in [0.2, 0.25) is 0 Å². The van der Waals surface area contributed by atoms with Crippen LogP contribution in [0.2, 0.25) is 0 Å². The Bertz CT molecular complexity index is 318. The number of hydrogen-bond donors (Lipinski definition) is 1.